The predicted molar refractivity (Wildman–Crippen MR) is 80.5 cm³/mol. The summed E-state index contributed by atoms with van der Waals surface area (Å²) >= 11 is 0. The molecule has 0 fully saturated rings. The van der Waals surface area contributed by atoms with E-state index < -0.39 is 0 Å². The number of hydrogen-bond donors (Lipinski definition) is 0. The number of nitrogens with zero attached hydrogens (tertiary/aromatic N) is 3. The maximum atomic E-state index is 9.36. The van der Waals surface area contributed by atoms with Gasteiger partial charge in [0, 0.05) is 12.0 Å². The monoisotopic (exact) mass is 259 g/mol. The molecule has 0 saturated carbocycles. The van der Waals surface area contributed by atoms with Crippen LogP contribution in [0.15, 0.2) is 28.5 Å². The maximum Gasteiger partial charge on any atom is 0.102 e. The van der Waals surface area contributed by atoms with E-state index in [0.717, 1.165) is 29.9 Å². The third-order valence-corrected chi connectivity index (χ3v) is 3.29. The SMILES string of the molecule is C=C1C(C#N)=C(C)C(C(C)(C)C)=NN1CCC(C)C. The minimum absolute atomic E-state index is 0.0665. The van der Waals surface area contributed by atoms with Gasteiger partial charge < -0.3 is 0 Å². The van der Waals surface area contributed by atoms with E-state index in [1.54, 1.807) is 0 Å². The van der Waals surface area contributed by atoms with Gasteiger partial charge >= 0.3 is 0 Å². The molecule has 0 spiro atoms. The topological polar surface area (TPSA) is 39.4 Å². The van der Waals surface area contributed by atoms with Crippen molar-refractivity contribution in [3.05, 3.63) is 23.4 Å². The van der Waals surface area contributed by atoms with Crippen molar-refractivity contribution in [1.29, 1.82) is 5.26 Å². The smallest absolute Gasteiger partial charge is 0.102 e. The highest BCUT2D eigenvalue weighted by Crippen LogP contribution is 2.31. The van der Waals surface area contributed by atoms with E-state index in [-0.39, 0.29) is 5.41 Å². The first-order chi connectivity index (χ1) is 8.68. The molecule has 19 heavy (non-hydrogen) atoms. The fraction of sp³-hybridized carbons (Fsp3) is 0.625. The van der Waals surface area contributed by atoms with Gasteiger partial charge in [-0.1, -0.05) is 41.2 Å². The molecule has 0 radical (unpaired) electrons. The lowest BCUT2D eigenvalue weighted by atomic mass is 9.83. The van der Waals surface area contributed by atoms with Crippen LogP contribution in [0.2, 0.25) is 0 Å². The van der Waals surface area contributed by atoms with E-state index in [1.165, 1.54) is 0 Å². The van der Waals surface area contributed by atoms with Gasteiger partial charge in [-0.3, -0.25) is 5.01 Å². The quantitative estimate of drug-likeness (QED) is 0.765. The summed E-state index contributed by atoms with van der Waals surface area (Å²) in [5.74, 6) is 0.610. The molecule has 0 atom stereocenters. The first-order valence-electron chi connectivity index (χ1n) is 6.85. The summed E-state index contributed by atoms with van der Waals surface area (Å²) in [5, 5.41) is 16.0. The zero-order valence-corrected chi connectivity index (χ0v) is 13.0. The van der Waals surface area contributed by atoms with Crippen molar-refractivity contribution in [2.45, 2.75) is 48.0 Å². The van der Waals surface area contributed by atoms with Crippen molar-refractivity contribution in [3.8, 4) is 6.07 Å². The summed E-state index contributed by atoms with van der Waals surface area (Å²) in [4.78, 5) is 0. The molecule has 0 unspecified atom stereocenters. The van der Waals surface area contributed by atoms with Crippen LogP contribution < -0.4 is 0 Å². The van der Waals surface area contributed by atoms with E-state index in [0.29, 0.717) is 11.5 Å². The number of rotatable bonds is 3. The van der Waals surface area contributed by atoms with Gasteiger partial charge in [-0.15, -0.1) is 0 Å². The second-order valence-corrected chi connectivity index (χ2v) is 6.56. The van der Waals surface area contributed by atoms with E-state index in [1.807, 2.05) is 11.9 Å². The maximum absolute atomic E-state index is 9.36. The summed E-state index contributed by atoms with van der Waals surface area (Å²) in [6.45, 7) is 17.6. The molecule has 0 aliphatic carbocycles. The summed E-state index contributed by atoms with van der Waals surface area (Å²) in [6.07, 6.45) is 1.04. The Bertz CT molecular complexity index is 467. The first-order valence-corrected chi connectivity index (χ1v) is 6.85. The van der Waals surface area contributed by atoms with Gasteiger partial charge in [0.05, 0.1) is 17.0 Å². The standard InChI is InChI=1S/C16H25N3/c1-11(2)8-9-19-13(4)14(10-17)12(3)15(18-19)16(5,6)7/h11H,4,8-9H2,1-3,5-7H3. The van der Waals surface area contributed by atoms with Crippen molar-refractivity contribution in [1.82, 2.24) is 5.01 Å². The van der Waals surface area contributed by atoms with Crippen molar-refractivity contribution >= 4 is 5.71 Å². The molecule has 1 heterocycles. The van der Waals surface area contributed by atoms with Crippen molar-refractivity contribution in [2.24, 2.45) is 16.4 Å². The summed E-state index contributed by atoms with van der Waals surface area (Å²) in [5.41, 5.74) is 3.28. The summed E-state index contributed by atoms with van der Waals surface area (Å²) in [6, 6.07) is 2.28. The minimum atomic E-state index is -0.0665. The van der Waals surface area contributed by atoms with Crippen molar-refractivity contribution in [2.75, 3.05) is 6.54 Å². The molecular weight excluding hydrogens is 234 g/mol. The third kappa shape index (κ3) is 3.47. The zero-order valence-electron chi connectivity index (χ0n) is 13.0. The average molecular weight is 259 g/mol. The van der Waals surface area contributed by atoms with Crippen molar-refractivity contribution in [3.63, 3.8) is 0 Å². The van der Waals surface area contributed by atoms with Gasteiger partial charge in [-0.05, 0) is 24.8 Å². The zero-order chi connectivity index (χ0) is 14.8. The molecule has 1 aliphatic heterocycles. The minimum Gasteiger partial charge on any atom is -0.265 e. The fourth-order valence-electron chi connectivity index (χ4n) is 2.15. The second-order valence-electron chi connectivity index (χ2n) is 6.56. The average Bonchev–Trinajstić information content (AvgIpc) is 2.26. The molecule has 0 N–H and O–H groups in total. The van der Waals surface area contributed by atoms with Gasteiger partial charge in [0.2, 0.25) is 0 Å². The van der Waals surface area contributed by atoms with Crippen LogP contribution in [0, 0.1) is 22.7 Å². The predicted octanol–water partition coefficient (Wildman–Crippen LogP) is 4.10. The molecule has 104 valence electrons. The van der Waals surface area contributed by atoms with Crippen LogP contribution in [0.1, 0.15) is 48.0 Å². The molecule has 0 aromatic carbocycles. The molecule has 1 rings (SSSR count). The number of allylic oxidation sites excluding steroid dienone is 2. The molecule has 3 nitrogen and oxygen atoms in total. The van der Waals surface area contributed by atoms with E-state index in [4.69, 9.17) is 5.10 Å². The molecule has 0 aromatic heterocycles. The molecular formula is C16H25N3. The van der Waals surface area contributed by atoms with Crippen LogP contribution in [0.25, 0.3) is 0 Å². The Morgan fingerprint density at radius 2 is 1.95 bits per heavy atom. The Kier molecular flexibility index (Phi) is 4.57. The highest BCUT2D eigenvalue weighted by molar-refractivity contribution is 6.05. The summed E-state index contributed by atoms with van der Waals surface area (Å²) < 4.78 is 0. The normalized spacial score (nSPS) is 16.8. The van der Waals surface area contributed by atoms with Gasteiger partial charge in [0.1, 0.15) is 6.07 Å². The lowest BCUT2D eigenvalue weighted by Crippen LogP contribution is -2.33. The molecule has 0 saturated heterocycles. The molecule has 0 amide bonds. The summed E-state index contributed by atoms with van der Waals surface area (Å²) in [7, 11) is 0. The lowest BCUT2D eigenvalue weighted by Gasteiger charge is -2.33. The second kappa shape index (κ2) is 5.61. The highest BCUT2D eigenvalue weighted by atomic mass is 15.5. The van der Waals surface area contributed by atoms with Crippen molar-refractivity contribution < 1.29 is 0 Å². The van der Waals surface area contributed by atoms with Crippen LogP contribution in [-0.4, -0.2) is 17.3 Å². The number of hydrazone groups is 1. The van der Waals surface area contributed by atoms with E-state index in [9.17, 15) is 5.26 Å². The van der Waals surface area contributed by atoms with Gasteiger partial charge in [-0.2, -0.15) is 10.4 Å². The van der Waals surface area contributed by atoms with Crippen LogP contribution in [-0.2, 0) is 0 Å². The first kappa shape index (κ1) is 15.5. The largest absolute Gasteiger partial charge is 0.265 e. The van der Waals surface area contributed by atoms with Crippen LogP contribution in [0.3, 0.4) is 0 Å². The van der Waals surface area contributed by atoms with Crippen LogP contribution in [0.4, 0.5) is 0 Å². The fourth-order valence-corrected chi connectivity index (χ4v) is 2.15. The van der Waals surface area contributed by atoms with E-state index >= 15 is 0 Å². The molecule has 0 bridgehead atoms. The third-order valence-electron chi connectivity index (χ3n) is 3.29. The van der Waals surface area contributed by atoms with Gasteiger partial charge in [0.25, 0.3) is 0 Å². The van der Waals surface area contributed by atoms with Gasteiger partial charge in [0.15, 0.2) is 0 Å². The van der Waals surface area contributed by atoms with Crippen LogP contribution in [0.5, 0.6) is 0 Å². The highest BCUT2D eigenvalue weighted by Gasteiger charge is 2.29. The number of hydrogen-bond acceptors (Lipinski definition) is 3. The van der Waals surface area contributed by atoms with Gasteiger partial charge in [-0.25, -0.2) is 0 Å². The Morgan fingerprint density at radius 1 is 1.37 bits per heavy atom. The Balaban J connectivity index is 3.14. The molecule has 0 aromatic rings. The Labute approximate surface area is 117 Å². The molecule has 3 heteroatoms. The van der Waals surface area contributed by atoms with E-state index in [2.05, 4.69) is 47.3 Å². The molecule has 1 aliphatic rings. The number of nitriles is 1. The lowest BCUT2D eigenvalue weighted by molar-refractivity contribution is 0.333. The Hall–Kier alpha value is -1.56. The van der Waals surface area contributed by atoms with Crippen LogP contribution >= 0.6 is 0 Å². The Morgan fingerprint density at radius 3 is 2.37 bits per heavy atom.